The molecule has 0 aliphatic heterocycles. The predicted molar refractivity (Wildman–Crippen MR) is 88.1 cm³/mol. The summed E-state index contributed by atoms with van der Waals surface area (Å²) in [5, 5.41) is 8.70. The van der Waals surface area contributed by atoms with E-state index in [4.69, 9.17) is 5.21 Å². The van der Waals surface area contributed by atoms with Crippen molar-refractivity contribution in [3.63, 3.8) is 0 Å². The zero-order valence-electron chi connectivity index (χ0n) is 12.0. The second-order valence-corrected chi connectivity index (χ2v) is 7.60. The van der Waals surface area contributed by atoms with Gasteiger partial charge < -0.3 is 0 Å². The molecule has 0 saturated heterocycles. The maximum Gasteiger partial charge on any atom is 0.258 e. The number of hydroxylamine groups is 1. The second-order valence-electron chi connectivity index (χ2n) is 4.75. The maximum atomic E-state index is 12.7. The highest BCUT2D eigenvalue weighted by molar-refractivity contribution is 9.10. The van der Waals surface area contributed by atoms with E-state index in [2.05, 4.69) is 15.9 Å². The van der Waals surface area contributed by atoms with Crippen LogP contribution in [-0.4, -0.2) is 30.4 Å². The lowest BCUT2D eigenvalue weighted by Gasteiger charge is -2.21. The summed E-state index contributed by atoms with van der Waals surface area (Å²) in [7, 11) is -3.88. The number of rotatable bonds is 6. The summed E-state index contributed by atoms with van der Waals surface area (Å²) in [6.45, 7) is -0.462. The molecule has 0 aromatic heterocycles. The third-order valence-electron chi connectivity index (χ3n) is 3.10. The molecule has 2 rings (SSSR count). The summed E-state index contributed by atoms with van der Waals surface area (Å²) in [4.78, 5) is 11.5. The lowest BCUT2D eigenvalue weighted by atomic mass is 10.2. The molecule has 8 heteroatoms. The fourth-order valence-electron chi connectivity index (χ4n) is 1.96. The van der Waals surface area contributed by atoms with Gasteiger partial charge in [0.05, 0.1) is 11.4 Å². The maximum absolute atomic E-state index is 12.7. The fourth-order valence-corrected chi connectivity index (χ4v) is 3.61. The zero-order chi connectivity index (χ0) is 16.9. The predicted octanol–water partition coefficient (Wildman–Crippen LogP) is 2.15. The van der Waals surface area contributed by atoms with Gasteiger partial charge in [0, 0.05) is 11.0 Å². The Morgan fingerprint density at radius 2 is 1.70 bits per heavy atom. The Morgan fingerprint density at radius 1 is 1.09 bits per heavy atom. The lowest BCUT2D eigenvalue weighted by molar-refractivity contribution is -0.129. The molecule has 0 heterocycles. The SMILES string of the molecule is O=C(CN(Cc1ccccc1)S(=O)(=O)c1ccc(Br)cc1)NO. The summed E-state index contributed by atoms with van der Waals surface area (Å²) in [5.74, 6) is -0.804. The molecule has 0 spiro atoms. The van der Waals surface area contributed by atoms with Crippen molar-refractivity contribution in [2.75, 3.05) is 6.54 Å². The topological polar surface area (TPSA) is 86.7 Å². The molecule has 0 saturated carbocycles. The van der Waals surface area contributed by atoms with Crippen LogP contribution in [0.4, 0.5) is 0 Å². The highest BCUT2D eigenvalue weighted by Crippen LogP contribution is 2.20. The van der Waals surface area contributed by atoms with Crippen LogP contribution in [-0.2, 0) is 21.4 Å². The van der Waals surface area contributed by atoms with Crippen LogP contribution in [0.5, 0.6) is 0 Å². The summed E-state index contributed by atoms with van der Waals surface area (Å²) >= 11 is 3.25. The van der Waals surface area contributed by atoms with Gasteiger partial charge in [-0.1, -0.05) is 46.3 Å². The number of halogens is 1. The van der Waals surface area contributed by atoms with Crippen molar-refractivity contribution >= 4 is 31.9 Å². The monoisotopic (exact) mass is 398 g/mol. The highest BCUT2D eigenvalue weighted by atomic mass is 79.9. The highest BCUT2D eigenvalue weighted by Gasteiger charge is 2.26. The Hall–Kier alpha value is -1.74. The molecule has 2 N–H and O–H groups in total. The van der Waals surface area contributed by atoms with Gasteiger partial charge in [0.2, 0.25) is 10.0 Å². The third-order valence-corrected chi connectivity index (χ3v) is 5.43. The van der Waals surface area contributed by atoms with Crippen molar-refractivity contribution in [2.24, 2.45) is 0 Å². The molecular weight excluding hydrogens is 384 g/mol. The summed E-state index contributed by atoms with van der Waals surface area (Å²) in [5.41, 5.74) is 2.20. The summed E-state index contributed by atoms with van der Waals surface area (Å²) < 4.78 is 27.3. The number of amides is 1. The number of hydrogen-bond acceptors (Lipinski definition) is 4. The van der Waals surface area contributed by atoms with Crippen molar-refractivity contribution in [3.05, 3.63) is 64.6 Å². The molecule has 122 valence electrons. The first-order chi connectivity index (χ1) is 10.9. The average Bonchev–Trinajstić information content (AvgIpc) is 2.55. The molecule has 0 bridgehead atoms. The minimum Gasteiger partial charge on any atom is -0.289 e. The average molecular weight is 399 g/mol. The Bertz CT molecular complexity index is 764. The molecule has 0 unspecified atom stereocenters. The largest absolute Gasteiger partial charge is 0.289 e. The number of carbonyl (C=O) groups excluding carboxylic acids is 1. The van der Waals surface area contributed by atoms with Crippen LogP contribution in [0.15, 0.2) is 64.0 Å². The fraction of sp³-hybridized carbons (Fsp3) is 0.133. The molecule has 0 aliphatic carbocycles. The molecule has 0 aliphatic rings. The minimum absolute atomic E-state index is 0.0205. The zero-order valence-corrected chi connectivity index (χ0v) is 14.4. The third kappa shape index (κ3) is 4.61. The summed E-state index contributed by atoms with van der Waals surface area (Å²) in [6, 6.07) is 15.0. The Labute approximate surface area is 142 Å². The van der Waals surface area contributed by atoms with Gasteiger partial charge in [-0.05, 0) is 29.8 Å². The van der Waals surface area contributed by atoms with Crippen LogP contribution >= 0.6 is 15.9 Å². The normalized spacial score (nSPS) is 11.4. The van der Waals surface area contributed by atoms with Gasteiger partial charge in [-0.2, -0.15) is 4.31 Å². The van der Waals surface area contributed by atoms with Crippen LogP contribution in [0.2, 0.25) is 0 Å². The van der Waals surface area contributed by atoms with Crippen LogP contribution < -0.4 is 5.48 Å². The van der Waals surface area contributed by atoms with E-state index in [9.17, 15) is 13.2 Å². The van der Waals surface area contributed by atoms with Gasteiger partial charge in [-0.3, -0.25) is 10.0 Å². The molecule has 0 radical (unpaired) electrons. The van der Waals surface area contributed by atoms with Gasteiger partial charge in [0.1, 0.15) is 0 Å². The van der Waals surface area contributed by atoms with E-state index >= 15 is 0 Å². The van der Waals surface area contributed by atoms with E-state index in [1.165, 1.54) is 17.6 Å². The van der Waals surface area contributed by atoms with E-state index in [1.807, 2.05) is 6.07 Å². The van der Waals surface area contributed by atoms with Crippen LogP contribution in [0.1, 0.15) is 5.56 Å². The number of carbonyl (C=O) groups is 1. The standard InChI is InChI=1S/C15H15BrN2O4S/c16-13-6-8-14(9-7-13)23(21,22)18(11-15(19)17-20)10-12-4-2-1-3-5-12/h1-9,20H,10-11H2,(H,17,19). The first-order valence-electron chi connectivity index (χ1n) is 6.66. The Kier molecular flexibility index (Phi) is 5.89. The van der Waals surface area contributed by atoms with Gasteiger partial charge in [0.25, 0.3) is 5.91 Å². The Balaban J connectivity index is 2.35. The van der Waals surface area contributed by atoms with Gasteiger partial charge in [-0.25, -0.2) is 13.9 Å². The van der Waals surface area contributed by atoms with Crippen molar-refractivity contribution in [1.29, 1.82) is 0 Å². The first kappa shape index (κ1) is 17.6. The molecule has 1 amide bonds. The second kappa shape index (κ2) is 7.69. The quantitative estimate of drug-likeness (QED) is 0.576. The van der Waals surface area contributed by atoms with Crippen molar-refractivity contribution < 1.29 is 18.4 Å². The van der Waals surface area contributed by atoms with E-state index in [0.717, 1.165) is 14.3 Å². The molecule has 2 aromatic carbocycles. The molecule has 23 heavy (non-hydrogen) atoms. The first-order valence-corrected chi connectivity index (χ1v) is 8.89. The van der Waals surface area contributed by atoms with Crippen molar-refractivity contribution in [3.8, 4) is 0 Å². The van der Waals surface area contributed by atoms with E-state index in [1.54, 1.807) is 36.4 Å². The van der Waals surface area contributed by atoms with E-state index in [-0.39, 0.29) is 11.4 Å². The van der Waals surface area contributed by atoms with Crippen LogP contribution in [0.3, 0.4) is 0 Å². The number of nitrogens with one attached hydrogen (secondary N) is 1. The molecule has 0 atom stereocenters. The van der Waals surface area contributed by atoms with E-state index in [0.29, 0.717) is 0 Å². The van der Waals surface area contributed by atoms with Crippen LogP contribution in [0.25, 0.3) is 0 Å². The van der Waals surface area contributed by atoms with Gasteiger partial charge in [-0.15, -0.1) is 0 Å². The smallest absolute Gasteiger partial charge is 0.258 e. The number of benzene rings is 2. The van der Waals surface area contributed by atoms with Gasteiger partial charge >= 0.3 is 0 Å². The van der Waals surface area contributed by atoms with Gasteiger partial charge in [0.15, 0.2) is 0 Å². The minimum atomic E-state index is -3.88. The number of hydrogen-bond donors (Lipinski definition) is 2. The lowest BCUT2D eigenvalue weighted by Crippen LogP contribution is -2.39. The number of nitrogens with zero attached hydrogens (tertiary/aromatic N) is 1. The Morgan fingerprint density at radius 3 is 2.26 bits per heavy atom. The van der Waals surface area contributed by atoms with Crippen molar-refractivity contribution in [1.82, 2.24) is 9.79 Å². The summed E-state index contributed by atoms with van der Waals surface area (Å²) in [6.07, 6.45) is 0. The number of sulfonamides is 1. The molecule has 2 aromatic rings. The molecule has 6 nitrogen and oxygen atoms in total. The van der Waals surface area contributed by atoms with E-state index < -0.39 is 22.5 Å². The molecule has 0 fully saturated rings. The van der Waals surface area contributed by atoms with Crippen molar-refractivity contribution in [2.45, 2.75) is 11.4 Å². The van der Waals surface area contributed by atoms with Crippen LogP contribution in [0, 0.1) is 0 Å². The molecular formula is C15H15BrN2O4S.